The lowest BCUT2D eigenvalue weighted by Crippen LogP contribution is -2.11. The first-order chi connectivity index (χ1) is 10.8. The number of carbonyl (C=O) groups is 1. The molecule has 0 fully saturated rings. The first kappa shape index (κ1) is 12.6. The summed E-state index contributed by atoms with van der Waals surface area (Å²) in [6, 6.07) is 5.58. The summed E-state index contributed by atoms with van der Waals surface area (Å²) >= 11 is 0. The normalized spacial score (nSPS) is 12.7. The average molecular weight is 297 g/mol. The van der Waals surface area contributed by atoms with E-state index in [0.29, 0.717) is 40.9 Å². The standard InChI is InChI=1S/C15H11N3O4/c19-6-10-5-18(14-13(10)16-7-17-15(14)20)4-9-1-2-11-12(3-9)22-8-21-11/h1-3,5-7H,4,8H2,(H,16,17,20). The van der Waals surface area contributed by atoms with Crippen molar-refractivity contribution in [3.8, 4) is 11.5 Å². The molecule has 0 spiro atoms. The maximum atomic E-state index is 12.0. The van der Waals surface area contributed by atoms with E-state index >= 15 is 0 Å². The predicted octanol–water partition coefficient (Wildman–Crippen LogP) is 1.31. The third-order valence-electron chi connectivity index (χ3n) is 3.60. The van der Waals surface area contributed by atoms with Gasteiger partial charge in [0.05, 0.1) is 11.9 Å². The van der Waals surface area contributed by atoms with Crippen LogP contribution in [-0.2, 0) is 6.54 Å². The van der Waals surface area contributed by atoms with Gasteiger partial charge in [0.1, 0.15) is 11.0 Å². The fraction of sp³-hybridized carbons (Fsp3) is 0.133. The molecule has 7 heteroatoms. The zero-order valence-corrected chi connectivity index (χ0v) is 11.4. The molecule has 0 saturated carbocycles. The third kappa shape index (κ3) is 1.86. The number of aromatic nitrogens is 3. The number of benzene rings is 1. The lowest BCUT2D eigenvalue weighted by molar-refractivity contribution is 0.112. The summed E-state index contributed by atoms with van der Waals surface area (Å²) in [5, 5.41) is 0. The van der Waals surface area contributed by atoms with Gasteiger partial charge in [-0.15, -0.1) is 0 Å². The van der Waals surface area contributed by atoms with E-state index in [-0.39, 0.29) is 12.4 Å². The Kier molecular flexibility index (Phi) is 2.72. The van der Waals surface area contributed by atoms with Gasteiger partial charge in [-0.2, -0.15) is 0 Å². The van der Waals surface area contributed by atoms with Gasteiger partial charge in [0.2, 0.25) is 6.79 Å². The van der Waals surface area contributed by atoms with Gasteiger partial charge < -0.3 is 19.0 Å². The highest BCUT2D eigenvalue weighted by molar-refractivity contribution is 5.94. The highest BCUT2D eigenvalue weighted by Gasteiger charge is 2.16. The molecule has 0 amide bonds. The Labute approximate surface area is 124 Å². The fourth-order valence-corrected chi connectivity index (χ4v) is 2.61. The minimum Gasteiger partial charge on any atom is -0.454 e. The number of nitrogens with zero attached hydrogens (tertiary/aromatic N) is 2. The molecule has 0 unspecified atom stereocenters. The maximum absolute atomic E-state index is 12.0. The second-order valence-electron chi connectivity index (χ2n) is 4.95. The van der Waals surface area contributed by atoms with E-state index in [2.05, 4.69) is 9.97 Å². The first-order valence-electron chi connectivity index (χ1n) is 6.66. The summed E-state index contributed by atoms with van der Waals surface area (Å²) in [4.78, 5) is 29.8. The smallest absolute Gasteiger partial charge is 0.275 e. The van der Waals surface area contributed by atoms with Gasteiger partial charge in [0, 0.05) is 12.7 Å². The van der Waals surface area contributed by atoms with Crippen molar-refractivity contribution in [2.75, 3.05) is 6.79 Å². The Morgan fingerprint density at radius 1 is 1.32 bits per heavy atom. The van der Waals surface area contributed by atoms with Gasteiger partial charge in [-0.05, 0) is 17.7 Å². The molecule has 0 radical (unpaired) electrons. The number of nitrogens with one attached hydrogen (secondary N) is 1. The molecule has 1 aromatic carbocycles. The Bertz CT molecular complexity index is 942. The van der Waals surface area contributed by atoms with Crippen molar-refractivity contribution in [1.29, 1.82) is 0 Å². The van der Waals surface area contributed by atoms with Crippen LogP contribution in [0.1, 0.15) is 15.9 Å². The van der Waals surface area contributed by atoms with Crippen LogP contribution in [0.5, 0.6) is 11.5 Å². The molecule has 1 aliphatic rings. The van der Waals surface area contributed by atoms with Crippen LogP contribution in [-0.4, -0.2) is 27.6 Å². The van der Waals surface area contributed by atoms with Crippen LogP contribution in [0.2, 0.25) is 0 Å². The van der Waals surface area contributed by atoms with E-state index in [1.54, 1.807) is 10.8 Å². The molecular formula is C15H11N3O4. The third-order valence-corrected chi connectivity index (χ3v) is 3.60. The SMILES string of the molecule is O=Cc1cn(Cc2ccc3c(c2)OCO3)c2c(=O)[nH]cnc12. The minimum absolute atomic E-state index is 0.212. The predicted molar refractivity (Wildman–Crippen MR) is 77.4 cm³/mol. The topological polar surface area (TPSA) is 86.2 Å². The monoisotopic (exact) mass is 297 g/mol. The quantitative estimate of drug-likeness (QED) is 0.737. The molecule has 0 bridgehead atoms. The van der Waals surface area contributed by atoms with Crippen molar-refractivity contribution in [1.82, 2.24) is 14.5 Å². The van der Waals surface area contributed by atoms with Crippen LogP contribution >= 0.6 is 0 Å². The Balaban J connectivity index is 1.82. The van der Waals surface area contributed by atoms with Crippen molar-refractivity contribution in [2.45, 2.75) is 6.54 Å². The molecule has 3 aromatic rings. The van der Waals surface area contributed by atoms with Crippen LogP contribution in [0.3, 0.4) is 0 Å². The lowest BCUT2D eigenvalue weighted by atomic mass is 10.2. The summed E-state index contributed by atoms with van der Waals surface area (Å²) in [5.74, 6) is 1.38. The highest BCUT2D eigenvalue weighted by Crippen LogP contribution is 2.32. The van der Waals surface area contributed by atoms with E-state index in [1.807, 2.05) is 18.2 Å². The average Bonchev–Trinajstić information content (AvgIpc) is 3.12. The maximum Gasteiger partial charge on any atom is 0.275 e. The summed E-state index contributed by atoms with van der Waals surface area (Å²) in [7, 11) is 0. The van der Waals surface area contributed by atoms with Gasteiger partial charge in [-0.25, -0.2) is 4.98 Å². The van der Waals surface area contributed by atoms with Crippen LogP contribution < -0.4 is 15.0 Å². The number of hydrogen-bond acceptors (Lipinski definition) is 5. The Morgan fingerprint density at radius 2 is 2.18 bits per heavy atom. The lowest BCUT2D eigenvalue weighted by Gasteiger charge is -2.05. The second kappa shape index (κ2) is 4.73. The molecule has 7 nitrogen and oxygen atoms in total. The largest absolute Gasteiger partial charge is 0.454 e. The Hall–Kier alpha value is -3.09. The summed E-state index contributed by atoms with van der Waals surface area (Å²) < 4.78 is 12.3. The van der Waals surface area contributed by atoms with E-state index < -0.39 is 0 Å². The summed E-state index contributed by atoms with van der Waals surface area (Å²) in [6.07, 6.45) is 3.62. The van der Waals surface area contributed by atoms with E-state index in [4.69, 9.17) is 9.47 Å². The molecule has 22 heavy (non-hydrogen) atoms. The molecule has 0 saturated heterocycles. The number of ether oxygens (including phenoxy) is 2. The molecular weight excluding hydrogens is 286 g/mol. The van der Waals surface area contributed by atoms with Crippen molar-refractivity contribution in [2.24, 2.45) is 0 Å². The fourth-order valence-electron chi connectivity index (χ4n) is 2.61. The van der Waals surface area contributed by atoms with Crippen molar-refractivity contribution >= 4 is 17.3 Å². The Morgan fingerprint density at radius 3 is 3.05 bits per heavy atom. The van der Waals surface area contributed by atoms with Crippen molar-refractivity contribution in [3.05, 3.63) is 52.2 Å². The van der Waals surface area contributed by atoms with Gasteiger partial charge in [0.15, 0.2) is 17.8 Å². The van der Waals surface area contributed by atoms with E-state index in [0.717, 1.165) is 5.56 Å². The van der Waals surface area contributed by atoms with Crippen LogP contribution in [0.15, 0.2) is 35.5 Å². The van der Waals surface area contributed by atoms with Crippen LogP contribution in [0.25, 0.3) is 11.0 Å². The molecule has 110 valence electrons. The summed E-state index contributed by atoms with van der Waals surface area (Å²) in [5.41, 5.74) is 1.82. The van der Waals surface area contributed by atoms with Gasteiger partial charge in [0.25, 0.3) is 5.56 Å². The number of H-pyrrole nitrogens is 1. The number of aldehydes is 1. The van der Waals surface area contributed by atoms with E-state index in [9.17, 15) is 9.59 Å². The molecule has 0 aliphatic carbocycles. The number of hydrogen-bond donors (Lipinski definition) is 1. The van der Waals surface area contributed by atoms with Gasteiger partial charge >= 0.3 is 0 Å². The second-order valence-corrected chi connectivity index (χ2v) is 4.95. The molecule has 2 aromatic heterocycles. The number of carbonyl (C=O) groups excluding carboxylic acids is 1. The number of fused-ring (bicyclic) bond motifs is 2. The molecule has 3 heterocycles. The minimum atomic E-state index is -0.279. The highest BCUT2D eigenvalue weighted by atomic mass is 16.7. The zero-order chi connectivity index (χ0) is 15.1. The van der Waals surface area contributed by atoms with Crippen LogP contribution in [0.4, 0.5) is 0 Å². The van der Waals surface area contributed by atoms with Crippen molar-refractivity contribution < 1.29 is 14.3 Å². The van der Waals surface area contributed by atoms with Gasteiger partial charge in [-0.3, -0.25) is 9.59 Å². The molecule has 1 N–H and O–H groups in total. The van der Waals surface area contributed by atoms with Crippen LogP contribution in [0, 0.1) is 0 Å². The first-order valence-corrected chi connectivity index (χ1v) is 6.66. The zero-order valence-electron chi connectivity index (χ0n) is 11.4. The molecule has 0 atom stereocenters. The number of rotatable bonds is 3. The summed E-state index contributed by atoms with van der Waals surface area (Å²) in [6.45, 7) is 0.639. The van der Waals surface area contributed by atoms with Gasteiger partial charge in [-0.1, -0.05) is 6.07 Å². The molecule has 1 aliphatic heterocycles. The van der Waals surface area contributed by atoms with Crippen molar-refractivity contribution in [3.63, 3.8) is 0 Å². The number of aromatic amines is 1. The van der Waals surface area contributed by atoms with E-state index in [1.165, 1.54) is 6.33 Å². The molecule has 4 rings (SSSR count).